The SMILES string of the molecule is Cc1ccc(C(N)C(=O)NCCC(=O)NC2CCCCC2)cc1.Cl. The molecule has 1 fully saturated rings. The zero-order valence-corrected chi connectivity index (χ0v) is 15.0. The third-order valence-electron chi connectivity index (χ3n) is 4.34. The summed E-state index contributed by atoms with van der Waals surface area (Å²) in [5.41, 5.74) is 7.85. The predicted molar refractivity (Wildman–Crippen MR) is 98.0 cm³/mol. The molecule has 0 radical (unpaired) electrons. The fourth-order valence-electron chi connectivity index (χ4n) is 2.88. The molecule has 1 saturated carbocycles. The van der Waals surface area contributed by atoms with Crippen LogP contribution in [0.2, 0.25) is 0 Å². The topological polar surface area (TPSA) is 84.2 Å². The van der Waals surface area contributed by atoms with Crippen LogP contribution < -0.4 is 16.4 Å². The maximum Gasteiger partial charge on any atom is 0.241 e. The van der Waals surface area contributed by atoms with E-state index >= 15 is 0 Å². The lowest BCUT2D eigenvalue weighted by Crippen LogP contribution is -2.39. The first kappa shape index (κ1) is 20.5. The molecule has 1 aliphatic carbocycles. The first-order valence-electron chi connectivity index (χ1n) is 8.45. The summed E-state index contributed by atoms with van der Waals surface area (Å²) in [6.45, 7) is 2.30. The Kier molecular flexibility index (Phi) is 8.79. The van der Waals surface area contributed by atoms with Crippen molar-refractivity contribution in [3.05, 3.63) is 35.4 Å². The highest BCUT2D eigenvalue weighted by atomic mass is 35.5. The highest BCUT2D eigenvalue weighted by molar-refractivity contribution is 5.85. The molecule has 4 N–H and O–H groups in total. The normalized spacial score (nSPS) is 15.9. The second-order valence-corrected chi connectivity index (χ2v) is 6.33. The fraction of sp³-hybridized carbons (Fsp3) is 0.556. The van der Waals surface area contributed by atoms with E-state index < -0.39 is 6.04 Å². The van der Waals surface area contributed by atoms with Gasteiger partial charge in [-0.25, -0.2) is 0 Å². The van der Waals surface area contributed by atoms with Crippen molar-refractivity contribution in [3.63, 3.8) is 0 Å². The summed E-state index contributed by atoms with van der Waals surface area (Å²) in [5, 5.41) is 5.78. The van der Waals surface area contributed by atoms with Gasteiger partial charge in [0.2, 0.25) is 11.8 Å². The lowest BCUT2D eigenvalue weighted by atomic mass is 9.95. The van der Waals surface area contributed by atoms with Gasteiger partial charge in [0.1, 0.15) is 6.04 Å². The molecule has 6 heteroatoms. The second kappa shape index (κ2) is 10.3. The summed E-state index contributed by atoms with van der Waals surface area (Å²) in [6, 6.07) is 7.18. The molecule has 0 bridgehead atoms. The molecule has 0 heterocycles. The van der Waals surface area contributed by atoms with Crippen LogP contribution in [0.25, 0.3) is 0 Å². The minimum Gasteiger partial charge on any atom is -0.354 e. The van der Waals surface area contributed by atoms with Gasteiger partial charge in [0, 0.05) is 19.0 Å². The van der Waals surface area contributed by atoms with Crippen molar-refractivity contribution in [1.82, 2.24) is 10.6 Å². The molecule has 1 aromatic carbocycles. The Morgan fingerprint density at radius 1 is 1.17 bits per heavy atom. The van der Waals surface area contributed by atoms with Gasteiger partial charge in [0.15, 0.2) is 0 Å². The highest BCUT2D eigenvalue weighted by Crippen LogP contribution is 2.17. The van der Waals surface area contributed by atoms with E-state index in [-0.39, 0.29) is 24.2 Å². The van der Waals surface area contributed by atoms with E-state index in [4.69, 9.17) is 5.73 Å². The van der Waals surface area contributed by atoms with Crippen LogP contribution in [-0.4, -0.2) is 24.4 Å². The van der Waals surface area contributed by atoms with Crippen molar-refractivity contribution in [1.29, 1.82) is 0 Å². The molecule has 1 unspecified atom stereocenters. The predicted octanol–water partition coefficient (Wildman–Crippen LogP) is 2.37. The van der Waals surface area contributed by atoms with Gasteiger partial charge in [0.05, 0.1) is 0 Å². The Labute approximate surface area is 150 Å². The molecule has 134 valence electrons. The number of nitrogens with two attached hydrogens (primary N) is 1. The molecule has 24 heavy (non-hydrogen) atoms. The van der Waals surface area contributed by atoms with Crippen LogP contribution in [0, 0.1) is 6.92 Å². The standard InChI is InChI=1S/C18H27N3O2.ClH/c1-13-7-9-14(10-8-13)17(19)18(23)20-12-11-16(22)21-15-5-3-2-4-6-15;/h7-10,15,17H,2-6,11-12,19H2,1H3,(H,20,23)(H,21,22);1H. The molecule has 5 nitrogen and oxygen atoms in total. The molecular formula is C18H28ClN3O2. The number of carbonyl (C=O) groups excluding carboxylic acids is 2. The first-order chi connectivity index (χ1) is 11.1. The van der Waals surface area contributed by atoms with Crippen molar-refractivity contribution in [2.75, 3.05) is 6.54 Å². The molecule has 0 spiro atoms. The third-order valence-corrected chi connectivity index (χ3v) is 4.34. The Hall–Kier alpha value is -1.59. The van der Waals surface area contributed by atoms with Crippen molar-refractivity contribution in [2.24, 2.45) is 5.73 Å². The Morgan fingerprint density at radius 2 is 1.79 bits per heavy atom. The van der Waals surface area contributed by atoms with E-state index in [1.54, 1.807) is 0 Å². The number of hydrogen-bond acceptors (Lipinski definition) is 3. The number of benzene rings is 1. The van der Waals surface area contributed by atoms with Gasteiger partial charge in [0.25, 0.3) is 0 Å². The number of hydrogen-bond donors (Lipinski definition) is 3. The lowest BCUT2D eigenvalue weighted by Gasteiger charge is -2.22. The summed E-state index contributed by atoms with van der Waals surface area (Å²) in [7, 11) is 0. The van der Waals surface area contributed by atoms with Crippen LogP contribution in [0.4, 0.5) is 0 Å². The third kappa shape index (κ3) is 6.49. The van der Waals surface area contributed by atoms with E-state index in [0.717, 1.165) is 24.0 Å². The molecule has 2 amide bonds. The maximum atomic E-state index is 12.0. The van der Waals surface area contributed by atoms with Crippen molar-refractivity contribution in [2.45, 2.75) is 57.5 Å². The molecule has 0 aromatic heterocycles. The Balaban J connectivity index is 0.00000288. The molecule has 1 aliphatic rings. The van der Waals surface area contributed by atoms with Crippen LogP contribution in [0.15, 0.2) is 24.3 Å². The average molecular weight is 354 g/mol. The van der Waals surface area contributed by atoms with Gasteiger partial charge >= 0.3 is 0 Å². The number of amides is 2. The molecule has 1 aromatic rings. The summed E-state index contributed by atoms with van der Waals surface area (Å²) < 4.78 is 0. The van der Waals surface area contributed by atoms with Crippen LogP contribution in [0.5, 0.6) is 0 Å². The van der Waals surface area contributed by atoms with E-state index in [0.29, 0.717) is 19.0 Å². The molecule has 1 atom stereocenters. The molecular weight excluding hydrogens is 326 g/mol. The van der Waals surface area contributed by atoms with E-state index in [1.807, 2.05) is 31.2 Å². The Morgan fingerprint density at radius 3 is 2.42 bits per heavy atom. The summed E-state index contributed by atoms with van der Waals surface area (Å²) in [6.07, 6.45) is 6.06. The first-order valence-corrected chi connectivity index (χ1v) is 8.45. The summed E-state index contributed by atoms with van der Waals surface area (Å²) >= 11 is 0. The van der Waals surface area contributed by atoms with Crippen molar-refractivity contribution in [3.8, 4) is 0 Å². The number of halogens is 1. The smallest absolute Gasteiger partial charge is 0.241 e. The van der Waals surface area contributed by atoms with Crippen molar-refractivity contribution >= 4 is 24.2 Å². The maximum absolute atomic E-state index is 12.0. The molecule has 2 rings (SSSR count). The van der Waals surface area contributed by atoms with Crippen LogP contribution in [-0.2, 0) is 9.59 Å². The molecule has 0 saturated heterocycles. The van der Waals surface area contributed by atoms with Gasteiger partial charge in [-0.1, -0.05) is 49.1 Å². The van der Waals surface area contributed by atoms with Crippen LogP contribution >= 0.6 is 12.4 Å². The van der Waals surface area contributed by atoms with Crippen LogP contribution in [0.3, 0.4) is 0 Å². The van der Waals surface area contributed by atoms with Crippen molar-refractivity contribution < 1.29 is 9.59 Å². The zero-order chi connectivity index (χ0) is 16.7. The number of carbonyl (C=O) groups is 2. The minimum atomic E-state index is -0.697. The van der Waals surface area contributed by atoms with Gasteiger partial charge in [-0.15, -0.1) is 12.4 Å². The number of rotatable bonds is 6. The quantitative estimate of drug-likeness (QED) is 0.734. The number of nitrogens with one attached hydrogen (secondary N) is 2. The van der Waals surface area contributed by atoms with Crippen LogP contribution in [0.1, 0.15) is 55.7 Å². The van der Waals surface area contributed by atoms with E-state index in [1.165, 1.54) is 19.3 Å². The second-order valence-electron chi connectivity index (χ2n) is 6.33. The summed E-state index contributed by atoms with van der Waals surface area (Å²) in [5.74, 6) is -0.250. The average Bonchev–Trinajstić information content (AvgIpc) is 2.55. The molecule has 0 aliphatic heterocycles. The van der Waals surface area contributed by atoms with Gasteiger partial charge < -0.3 is 16.4 Å². The van der Waals surface area contributed by atoms with Gasteiger partial charge in [-0.05, 0) is 25.3 Å². The minimum absolute atomic E-state index is 0. The Bertz CT molecular complexity index is 528. The largest absolute Gasteiger partial charge is 0.354 e. The van der Waals surface area contributed by atoms with E-state index in [9.17, 15) is 9.59 Å². The zero-order valence-electron chi connectivity index (χ0n) is 14.2. The van der Waals surface area contributed by atoms with Gasteiger partial charge in [-0.2, -0.15) is 0 Å². The van der Waals surface area contributed by atoms with E-state index in [2.05, 4.69) is 10.6 Å². The number of aryl methyl sites for hydroxylation is 1. The lowest BCUT2D eigenvalue weighted by molar-refractivity contribution is -0.123. The fourth-order valence-corrected chi connectivity index (χ4v) is 2.88. The highest BCUT2D eigenvalue weighted by Gasteiger charge is 2.17. The summed E-state index contributed by atoms with van der Waals surface area (Å²) in [4.78, 5) is 23.9. The monoisotopic (exact) mass is 353 g/mol. The van der Waals surface area contributed by atoms with Gasteiger partial charge in [-0.3, -0.25) is 9.59 Å².